The number of carbonyl (C=O) groups is 1. The van der Waals surface area contributed by atoms with Crippen molar-refractivity contribution in [2.75, 3.05) is 33.2 Å². The number of hydrogen-bond acceptors (Lipinski definition) is 2. The summed E-state index contributed by atoms with van der Waals surface area (Å²) in [6.07, 6.45) is 1.68. The van der Waals surface area contributed by atoms with Crippen LogP contribution in [0.25, 0.3) is 0 Å². The summed E-state index contributed by atoms with van der Waals surface area (Å²) >= 11 is 0. The van der Waals surface area contributed by atoms with Crippen molar-refractivity contribution in [2.45, 2.75) is 27.2 Å². The number of hydrogen-bond donors (Lipinski definition) is 0. The van der Waals surface area contributed by atoms with Crippen LogP contribution in [0.15, 0.2) is 0 Å². The molecule has 1 rings (SSSR count). The van der Waals surface area contributed by atoms with E-state index in [0.717, 1.165) is 32.6 Å². The molecule has 0 radical (unpaired) electrons. The zero-order valence-electron chi connectivity index (χ0n) is 8.05. The average Bonchev–Trinajstić information content (AvgIpc) is 2.06. The third-order valence-corrected chi connectivity index (χ3v) is 2.32. The Bertz CT molecular complexity index is 151. The Hall–Kier alpha value is -0.570. The lowest BCUT2D eigenvalue weighted by Crippen LogP contribution is -2.47. The molecule has 13 heavy (non-hydrogen) atoms. The van der Waals surface area contributed by atoms with Crippen molar-refractivity contribution in [2.24, 2.45) is 0 Å². The SMILES string of the molecule is C.CCCC(=O)N1CCN(C)CC1. The molecular formula is C10H22N2O. The van der Waals surface area contributed by atoms with Gasteiger partial charge in [-0.25, -0.2) is 0 Å². The van der Waals surface area contributed by atoms with Crippen LogP contribution >= 0.6 is 0 Å². The highest BCUT2D eigenvalue weighted by Crippen LogP contribution is 2.02. The van der Waals surface area contributed by atoms with Crippen molar-refractivity contribution in [1.29, 1.82) is 0 Å². The smallest absolute Gasteiger partial charge is 0.222 e. The van der Waals surface area contributed by atoms with Crippen molar-refractivity contribution in [1.82, 2.24) is 9.80 Å². The van der Waals surface area contributed by atoms with Crippen LogP contribution in [0.3, 0.4) is 0 Å². The van der Waals surface area contributed by atoms with Crippen LogP contribution in [0.2, 0.25) is 0 Å². The predicted octanol–water partition coefficient (Wildman–Crippen LogP) is 1.20. The van der Waals surface area contributed by atoms with Crippen LogP contribution in [0.1, 0.15) is 27.2 Å². The number of nitrogens with zero attached hydrogens (tertiary/aromatic N) is 2. The second-order valence-corrected chi connectivity index (χ2v) is 3.43. The maximum Gasteiger partial charge on any atom is 0.222 e. The molecule has 0 spiro atoms. The van der Waals surface area contributed by atoms with Crippen molar-refractivity contribution in [3.8, 4) is 0 Å². The van der Waals surface area contributed by atoms with E-state index in [9.17, 15) is 4.79 Å². The lowest BCUT2D eigenvalue weighted by atomic mass is 10.2. The summed E-state index contributed by atoms with van der Waals surface area (Å²) < 4.78 is 0. The molecule has 0 N–H and O–H groups in total. The molecule has 3 nitrogen and oxygen atoms in total. The molecule has 1 aliphatic rings. The molecular weight excluding hydrogens is 164 g/mol. The minimum atomic E-state index is 0. The van der Waals surface area contributed by atoms with Gasteiger partial charge in [0.25, 0.3) is 0 Å². The van der Waals surface area contributed by atoms with Crippen LogP contribution in [0.5, 0.6) is 0 Å². The monoisotopic (exact) mass is 186 g/mol. The number of carbonyl (C=O) groups excluding carboxylic acids is 1. The van der Waals surface area contributed by atoms with Gasteiger partial charge in [-0.1, -0.05) is 14.4 Å². The molecule has 1 saturated heterocycles. The number of amides is 1. The first kappa shape index (κ1) is 12.4. The Morgan fingerprint density at radius 1 is 1.23 bits per heavy atom. The van der Waals surface area contributed by atoms with E-state index in [-0.39, 0.29) is 7.43 Å². The largest absolute Gasteiger partial charge is 0.340 e. The third-order valence-electron chi connectivity index (χ3n) is 2.32. The Kier molecular flexibility index (Phi) is 5.71. The van der Waals surface area contributed by atoms with Gasteiger partial charge in [0, 0.05) is 32.6 Å². The predicted molar refractivity (Wildman–Crippen MR) is 55.7 cm³/mol. The number of rotatable bonds is 2. The summed E-state index contributed by atoms with van der Waals surface area (Å²) in [6, 6.07) is 0. The first-order valence-electron chi connectivity index (χ1n) is 4.70. The molecule has 0 aromatic heterocycles. The lowest BCUT2D eigenvalue weighted by molar-refractivity contribution is -0.132. The molecule has 0 aromatic rings. The quantitative estimate of drug-likeness (QED) is 0.647. The summed E-state index contributed by atoms with van der Waals surface area (Å²) in [4.78, 5) is 15.6. The van der Waals surface area contributed by atoms with Crippen molar-refractivity contribution >= 4 is 5.91 Å². The molecule has 78 valence electrons. The number of likely N-dealkylation sites (N-methyl/N-ethyl adjacent to an activating group) is 1. The van der Waals surface area contributed by atoms with E-state index in [1.165, 1.54) is 0 Å². The maximum absolute atomic E-state index is 11.4. The summed E-state index contributed by atoms with van der Waals surface area (Å²) in [7, 11) is 2.10. The Morgan fingerprint density at radius 3 is 2.23 bits per heavy atom. The molecule has 1 amide bonds. The second-order valence-electron chi connectivity index (χ2n) is 3.43. The van der Waals surface area contributed by atoms with E-state index >= 15 is 0 Å². The fourth-order valence-corrected chi connectivity index (χ4v) is 1.43. The molecule has 1 fully saturated rings. The first-order chi connectivity index (χ1) is 5.74. The molecule has 0 unspecified atom stereocenters. The Morgan fingerprint density at radius 2 is 1.77 bits per heavy atom. The molecule has 1 heterocycles. The average molecular weight is 186 g/mol. The van der Waals surface area contributed by atoms with E-state index in [4.69, 9.17) is 0 Å². The van der Waals surface area contributed by atoms with Crippen LogP contribution in [0.4, 0.5) is 0 Å². The highest BCUT2D eigenvalue weighted by atomic mass is 16.2. The Balaban J connectivity index is 0.00000144. The summed E-state index contributed by atoms with van der Waals surface area (Å²) in [5.74, 6) is 0.325. The molecule has 0 atom stereocenters. The van der Waals surface area contributed by atoms with Gasteiger partial charge >= 0.3 is 0 Å². The zero-order chi connectivity index (χ0) is 8.97. The zero-order valence-corrected chi connectivity index (χ0v) is 8.05. The fourth-order valence-electron chi connectivity index (χ4n) is 1.43. The lowest BCUT2D eigenvalue weighted by Gasteiger charge is -2.32. The minimum absolute atomic E-state index is 0. The molecule has 1 aliphatic heterocycles. The normalized spacial score (nSPS) is 18.2. The van der Waals surface area contributed by atoms with E-state index in [0.29, 0.717) is 12.3 Å². The van der Waals surface area contributed by atoms with Gasteiger partial charge in [0.2, 0.25) is 5.91 Å². The highest BCUT2D eigenvalue weighted by Gasteiger charge is 2.17. The summed E-state index contributed by atoms with van der Waals surface area (Å²) in [5, 5.41) is 0. The van der Waals surface area contributed by atoms with Gasteiger partial charge in [-0.05, 0) is 13.5 Å². The standard InChI is InChI=1S/C9H18N2O.CH4/c1-3-4-9(12)11-7-5-10(2)6-8-11;/h3-8H2,1-2H3;1H4. The van der Waals surface area contributed by atoms with Crippen molar-refractivity contribution in [3.63, 3.8) is 0 Å². The minimum Gasteiger partial charge on any atom is -0.340 e. The Labute approximate surface area is 81.7 Å². The molecule has 0 saturated carbocycles. The van der Waals surface area contributed by atoms with Crippen LogP contribution in [-0.4, -0.2) is 48.9 Å². The van der Waals surface area contributed by atoms with Crippen molar-refractivity contribution < 1.29 is 4.79 Å². The molecule has 0 bridgehead atoms. The van der Waals surface area contributed by atoms with E-state index in [2.05, 4.69) is 11.9 Å². The fraction of sp³-hybridized carbons (Fsp3) is 0.900. The molecule has 0 aliphatic carbocycles. The maximum atomic E-state index is 11.4. The number of piperazine rings is 1. The topological polar surface area (TPSA) is 23.6 Å². The van der Waals surface area contributed by atoms with Gasteiger partial charge in [-0.2, -0.15) is 0 Å². The van der Waals surface area contributed by atoms with Crippen LogP contribution in [0, 0.1) is 0 Å². The van der Waals surface area contributed by atoms with Gasteiger partial charge in [-0.15, -0.1) is 0 Å². The first-order valence-corrected chi connectivity index (χ1v) is 4.70. The summed E-state index contributed by atoms with van der Waals surface area (Å²) in [6.45, 7) is 5.92. The van der Waals surface area contributed by atoms with Crippen LogP contribution in [-0.2, 0) is 4.79 Å². The van der Waals surface area contributed by atoms with Crippen LogP contribution < -0.4 is 0 Å². The molecule has 3 heteroatoms. The van der Waals surface area contributed by atoms with Crippen molar-refractivity contribution in [3.05, 3.63) is 0 Å². The van der Waals surface area contributed by atoms with E-state index < -0.39 is 0 Å². The second kappa shape index (κ2) is 5.97. The van der Waals surface area contributed by atoms with Gasteiger partial charge < -0.3 is 9.80 Å². The van der Waals surface area contributed by atoms with E-state index in [1.54, 1.807) is 0 Å². The molecule has 0 aromatic carbocycles. The van der Waals surface area contributed by atoms with Gasteiger partial charge in [0.1, 0.15) is 0 Å². The van der Waals surface area contributed by atoms with E-state index in [1.807, 2.05) is 11.8 Å². The third kappa shape index (κ3) is 3.77. The van der Waals surface area contributed by atoms with Gasteiger partial charge in [0.05, 0.1) is 0 Å². The highest BCUT2D eigenvalue weighted by molar-refractivity contribution is 5.76. The van der Waals surface area contributed by atoms with Gasteiger partial charge in [-0.3, -0.25) is 4.79 Å². The summed E-state index contributed by atoms with van der Waals surface area (Å²) in [5.41, 5.74) is 0. The van der Waals surface area contributed by atoms with Gasteiger partial charge in [0.15, 0.2) is 0 Å².